The Morgan fingerprint density at radius 1 is 1.15 bits per heavy atom. The van der Waals surface area contributed by atoms with E-state index in [2.05, 4.69) is 20.6 Å². The number of hydrogen-bond donors (Lipinski definition) is 1. The number of methoxy groups -OCH3 is 3. The molecule has 136 valence electrons. The molecule has 1 N–H and O–H groups in total. The fraction of sp³-hybridized carbons (Fsp3) is 0.375. The van der Waals surface area contributed by atoms with Gasteiger partial charge in [-0.25, -0.2) is 0 Å². The van der Waals surface area contributed by atoms with E-state index in [-0.39, 0.29) is 5.91 Å². The monoisotopic (exact) mass is 375 g/mol. The number of hydrogen-bond acceptors (Lipinski definition) is 8. The Morgan fingerprint density at radius 2 is 1.85 bits per heavy atom. The molecule has 2 heterocycles. The highest BCUT2D eigenvalue weighted by Crippen LogP contribution is 2.40. The molecule has 3 aromatic rings. The highest BCUT2D eigenvalue weighted by molar-refractivity contribution is 7.18. The van der Waals surface area contributed by atoms with Crippen molar-refractivity contribution in [2.75, 3.05) is 26.6 Å². The van der Waals surface area contributed by atoms with Crippen molar-refractivity contribution in [2.24, 2.45) is 0 Å². The molecular weight excluding hydrogens is 358 g/mol. The number of aromatic nitrogens is 4. The van der Waals surface area contributed by atoms with Crippen LogP contribution in [0.4, 0.5) is 5.69 Å². The summed E-state index contributed by atoms with van der Waals surface area (Å²) in [6, 6.07) is 3.32. The van der Waals surface area contributed by atoms with E-state index in [1.807, 2.05) is 0 Å². The van der Waals surface area contributed by atoms with Gasteiger partial charge in [-0.15, -0.1) is 15.3 Å². The van der Waals surface area contributed by atoms with Crippen LogP contribution in [0.3, 0.4) is 0 Å². The molecule has 1 aromatic carbocycles. The van der Waals surface area contributed by atoms with Crippen LogP contribution in [0.15, 0.2) is 12.1 Å². The number of rotatable bonds is 6. The van der Waals surface area contributed by atoms with Crippen LogP contribution in [0, 0.1) is 0 Å². The van der Waals surface area contributed by atoms with E-state index < -0.39 is 0 Å². The molecule has 9 nitrogen and oxygen atoms in total. The lowest BCUT2D eigenvalue weighted by atomic mass is 10.2. The molecule has 0 unspecified atom stereocenters. The number of nitrogens with one attached hydrogen (secondary N) is 1. The van der Waals surface area contributed by atoms with Crippen LogP contribution < -0.4 is 19.5 Å². The summed E-state index contributed by atoms with van der Waals surface area (Å²) in [4.78, 5) is 13.2. The first-order valence-corrected chi connectivity index (χ1v) is 8.79. The number of carbonyl (C=O) groups excluding carboxylic acids is 1. The Kier molecular flexibility index (Phi) is 4.11. The third kappa shape index (κ3) is 2.81. The van der Waals surface area contributed by atoms with Crippen molar-refractivity contribution in [3.63, 3.8) is 0 Å². The van der Waals surface area contributed by atoms with Crippen molar-refractivity contribution in [3.8, 4) is 17.2 Å². The van der Waals surface area contributed by atoms with Gasteiger partial charge in [0.1, 0.15) is 0 Å². The number of carbonyl (C=O) groups is 1. The molecule has 0 spiro atoms. The van der Waals surface area contributed by atoms with Gasteiger partial charge in [-0.1, -0.05) is 11.3 Å². The Morgan fingerprint density at radius 3 is 2.42 bits per heavy atom. The fourth-order valence-corrected chi connectivity index (χ4v) is 3.40. The minimum Gasteiger partial charge on any atom is -0.493 e. The topological polar surface area (TPSA) is 99.9 Å². The van der Waals surface area contributed by atoms with E-state index in [4.69, 9.17) is 14.2 Å². The van der Waals surface area contributed by atoms with Crippen molar-refractivity contribution in [3.05, 3.63) is 23.0 Å². The summed E-state index contributed by atoms with van der Waals surface area (Å²) in [5.41, 5.74) is 0.512. The van der Waals surface area contributed by atoms with Crippen LogP contribution in [0.1, 0.15) is 34.4 Å². The summed E-state index contributed by atoms with van der Waals surface area (Å²) in [6.07, 6.45) is 2.18. The zero-order chi connectivity index (χ0) is 18.3. The largest absolute Gasteiger partial charge is 0.493 e. The average Bonchev–Trinajstić information content (AvgIpc) is 3.27. The Balaban J connectivity index is 1.61. The van der Waals surface area contributed by atoms with E-state index in [1.165, 1.54) is 32.7 Å². The van der Waals surface area contributed by atoms with Gasteiger partial charge in [0, 0.05) is 23.7 Å². The van der Waals surface area contributed by atoms with Gasteiger partial charge in [-0.05, 0) is 12.8 Å². The number of nitrogens with zero attached hydrogens (tertiary/aromatic N) is 4. The van der Waals surface area contributed by atoms with Gasteiger partial charge in [0.2, 0.25) is 15.7 Å². The molecule has 0 atom stereocenters. The van der Waals surface area contributed by atoms with Crippen LogP contribution >= 0.6 is 11.3 Å². The van der Waals surface area contributed by atoms with Gasteiger partial charge in [-0.3, -0.25) is 4.79 Å². The maximum absolute atomic E-state index is 12.6. The number of fused-ring (bicyclic) bond motifs is 1. The normalized spacial score (nSPS) is 13.7. The molecule has 0 radical (unpaired) electrons. The first-order chi connectivity index (χ1) is 12.6. The number of amides is 1. The lowest BCUT2D eigenvalue weighted by molar-refractivity contribution is 0.102. The quantitative estimate of drug-likeness (QED) is 0.706. The highest BCUT2D eigenvalue weighted by Gasteiger charge is 2.30. The Labute approximate surface area is 152 Å². The van der Waals surface area contributed by atoms with Crippen molar-refractivity contribution in [2.45, 2.75) is 18.8 Å². The number of anilines is 1. The summed E-state index contributed by atoms with van der Waals surface area (Å²) in [5, 5.41) is 15.7. The van der Waals surface area contributed by atoms with Crippen LogP contribution in [-0.4, -0.2) is 47.0 Å². The van der Waals surface area contributed by atoms with Gasteiger partial charge in [-0.2, -0.15) is 4.52 Å². The van der Waals surface area contributed by atoms with Gasteiger partial charge in [0.05, 0.1) is 21.3 Å². The smallest absolute Gasteiger partial charge is 0.286 e. The first kappa shape index (κ1) is 16.6. The molecular formula is C16H17N5O4S. The molecule has 2 aromatic heterocycles. The van der Waals surface area contributed by atoms with Gasteiger partial charge < -0.3 is 19.5 Å². The van der Waals surface area contributed by atoms with Crippen molar-refractivity contribution < 1.29 is 19.0 Å². The van der Waals surface area contributed by atoms with Crippen LogP contribution in [0.5, 0.6) is 17.2 Å². The molecule has 1 fully saturated rings. The Hall–Kier alpha value is -2.88. The third-order valence-corrected chi connectivity index (χ3v) is 4.97. The summed E-state index contributed by atoms with van der Waals surface area (Å²) in [6.45, 7) is 0. The Bertz CT molecular complexity index is 953. The molecule has 0 saturated heterocycles. The lowest BCUT2D eigenvalue weighted by Gasteiger charge is -2.14. The maximum atomic E-state index is 12.6. The first-order valence-electron chi connectivity index (χ1n) is 7.98. The van der Waals surface area contributed by atoms with Gasteiger partial charge in [0.15, 0.2) is 17.3 Å². The predicted octanol–water partition coefficient (Wildman–Crippen LogP) is 2.34. The molecule has 4 rings (SSSR count). The number of ether oxygens (including phenoxy) is 3. The zero-order valence-corrected chi connectivity index (χ0v) is 15.3. The van der Waals surface area contributed by atoms with Crippen molar-refractivity contribution >= 4 is 27.9 Å². The van der Waals surface area contributed by atoms with Gasteiger partial charge in [0.25, 0.3) is 5.91 Å². The standard InChI is InChI=1S/C16H17N5O4S/c1-23-10-6-9(7-11(24-2)12(10)25-3)17-14(22)15-20-21-13(8-4-5-8)18-19-16(21)26-15/h6-8H,4-5H2,1-3H3,(H,17,22). The fourth-order valence-electron chi connectivity index (χ4n) is 2.66. The van der Waals surface area contributed by atoms with E-state index in [9.17, 15) is 4.79 Å². The molecule has 0 bridgehead atoms. The van der Waals surface area contributed by atoms with Crippen LogP contribution in [0.25, 0.3) is 4.96 Å². The SMILES string of the molecule is COc1cc(NC(=O)c2nn3c(C4CC4)nnc3s2)cc(OC)c1OC. The maximum Gasteiger partial charge on any atom is 0.286 e. The summed E-state index contributed by atoms with van der Waals surface area (Å²) in [5.74, 6) is 2.26. The van der Waals surface area contributed by atoms with E-state index in [1.54, 1.807) is 16.6 Å². The minimum atomic E-state index is -0.337. The lowest BCUT2D eigenvalue weighted by Crippen LogP contribution is -2.12. The average molecular weight is 375 g/mol. The van der Waals surface area contributed by atoms with E-state index in [0.29, 0.717) is 38.8 Å². The highest BCUT2D eigenvalue weighted by atomic mass is 32.1. The minimum absolute atomic E-state index is 0.311. The van der Waals surface area contributed by atoms with Crippen molar-refractivity contribution in [1.29, 1.82) is 0 Å². The predicted molar refractivity (Wildman–Crippen MR) is 94.7 cm³/mol. The second kappa shape index (κ2) is 6.45. The van der Waals surface area contributed by atoms with Gasteiger partial charge >= 0.3 is 0 Å². The van der Waals surface area contributed by atoms with Crippen LogP contribution in [0.2, 0.25) is 0 Å². The van der Waals surface area contributed by atoms with Crippen LogP contribution in [-0.2, 0) is 0 Å². The molecule has 0 aliphatic heterocycles. The number of benzene rings is 1. The second-order valence-corrected chi connectivity index (χ2v) is 6.76. The summed E-state index contributed by atoms with van der Waals surface area (Å²) >= 11 is 1.20. The molecule has 10 heteroatoms. The van der Waals surface area contributed by atoms with E-state index in [0.717, 1.165) is 18.7 Å². The van der Waals surface area contributed by atoms with Crippen molar-refractivity contribution in [1.82, 2.24) is 19.8 Å². The van der Waals surface area contributed by atoms with E-state index >= 15 is 0 Å². The zero-order valence-electron chi connectivity index (χ0n) is 14.5. The molecule has 1 saturated carbocycles. The molecule has 1 aliphatic rings. The summed E-state index contributed by atoms with van der Waals surface area (Å²) < 4.78 is 17.5. The molecule has 1 amide bonds. The molecule has 26 heavy (non-hydrogen) atoms. The summed E-state index contributed by atoms with van der Waals surface area (Å²) in [7, 11) is 4.56. The third-order valence-electron chi connectivity index (χ3n) is 4.07. The molecule has 1 aliphatic carbocycles. The second-order valence-electron chi connectivity index (χ2n) is 5.80.